The maximum atomic E-state index is 11.5. The molecule has 0 aliphatic heterocycles. The van der Waals surface area contributed by atoms with Crippen molar-refractivity contribution in [3.63, 3.8) is 0 Å². The Hall–Kier alpha value is -1.56. The molecule has 5 nitrogen and oxygen atoms in total. The van der Waals surface area contributed by atoms with Crippen LogP contribution in [0.4, 0.5) is 0 Å². The second-order valence-corrected chi connectivity index (χ2v) is 3.96. The van der Waals surface area contributed by atoms with Gasteiger partial charge in [0.2, 0.25) is 0 Å². The number of amides is 1. The average molecular weight is 272 g/mol. The Balaban J connectivity index is 2.62. The predicted octanol–water partition coefficient (Wildman–Crippen LogP) is 2.25. The first kappa shape index (κ1) is 11.9. The molecular formula is C10H7Cl2N3O2. The number of hydrazine groups is 1. The smallest absolute Gasteiger partial charge is 0.270 e. The van der Waals surface area contributed by atoms with E-state index in [0.29, 0.717) is 15.6 Å². The SMILES string of the molecule is NNC(=O)c1conc1-c1c(Cl)cccc1Cl. The van der Waals surface area contributed by atoms with E-state index in [2.05, 4.69) is 5.16 Å². The molecule has 0 unspecified atom stereocenters. The zero-order valence-corrected chi connectivity index (χ0v) is 9.92. The third-order valence-corrected chi connectivity index (χ3v) is 2.77. The van der Waals surface area contributed by atoms with Crippen molar-refractivity contribution >= 4 is 29.1 Å². The van der Waals surface area contributed by atoms with E-state index in [-0.39, 0.29) is 11.3 Å². The van der Waals surface area contributed by atoms with Crippen LogP contribution in [-0.4, -0.2) is 11.1 Å². The summed E-state index contributed by atoms with van der Waals surface area (Å²) in [6.45, 7) is 0. The molecule has 0 atom stereocenters. The predicted molar refractivity (Wildman–Crippen MR) is 63.6 cm³/mol. The molecule has 0 spiro atoms. The number of benzene rings is 1. The number of aromatic nitrogens is 1. The summed E-state index contributed by atoms with van der Waals surface area (Å²) in [5.41, 5.74) is 2.85. The summed E-state index contributed by atoms with van der Waals surface area (Å²) < 4.78 is 4.75. The zero-order chi connectivity index (χ0) is 12.4. The Morgan fingerprint density at radius 3 is 2.59 bits per heavy atom. The Morgan fingerprint density at radius 2 is 2.00 bits per heavy atom. The number of nitrogens with zero attached hydrogens (tertiary/aromatic N) is 1. The van der Waals surface area contributed by atoms with Gasteiger partial charge in [0.25, 0.3) is 5.91 Å². The fraction of sp³-hybridized carbons (Fsp3) is 0. The average Bonchev–Trinajstić information content (AvgIpc) is 2.77. The number of nitrogen functional groups attached to an aromatic ring is 1. The first-order chi connectivity index (χ1) is 8.15. The fourth-order valence-corrected chi connectivity index (χ4v) is 1.96. The summed E-state index contributed by atoms with van der Waals surface area (Å²) in [6, 6.07) is 4.97. The molecule has 0 fully saturated rings. The maximum Gasteiger partial charge on any atom is 0.270 e. The van der Waals surface area contributed by atoms with Crippen LogP contribution in [0, 0.1) is 0 Å². The van der Waals surface area contributed by atoms with Gasteiger partial charge in [-0.05, 0) is 12.1 Å². The summed E-state index contributed by atoms with van der Waals surface area (Å²) in [5, 5.41) is 4.46. The third kappa shape index (κ3) is 2.12. The topological polar surface area (TPSA) is 81.1 Å². The van der Waals surface area contributed by atoms with Gasteiger partial charge in [0.1, 0.15) is 17.5 Å². The molecule has 0 radical (unpaired) electrons. The standard InChI is InChI=1S/C10H7Cl2N3O2/c11-6-2-1-3-7(12)8(6)9-5(4-17-15-9)10(16)14-13/h1-4H,13H2,(H,14,16). The molecular weight excluding hydrogens is 265 g/mol. The van der Waals surface area contributed by atoms with Gasteiger partial charge in [0.15, 0.2) is 0 Å². The third-order valence-electron chi connectivity index (χ3n) is 2.14. The normalized spacial score (nSPS) is 10.3. The maximum absolute atomic E-state index is 11.5. The van der Waals surface area contributed by atoms with Gasteiger partial charge in [-0.25, -0.2) is 5.84 Å². The molecule has 0 saturated heterocycles. The van der Waals surface area contributed by atoms with Gasteiger partial charge in [0.05, 0.1) is 10.0 Å². The molecule has 3 N–H and O–H groups in total. The molecule has 0 aliphatic rings. The number of nitrogens with two attached hydrogens (primary N) is 1. The molecule has 0 saturated carbocycles. The largest absolute Gasteiger partial charge is 0.363 e. The van der Waals surface area contributed by atoms with Crippen molar-refractivity contribution in [3.05, 3.63) is 40.1 Å². The minimum Gasteiger partial charge on any atom is -0.363 e. The molecule has 0 bridgehead atoms. The summed E-state index contributed by atoms with van der Waals surface area (Å²) in [6.07, 6.45) is 1.18. The quantitative estimate of drug-likeness (QED) is 0.499. The zero-order valence-electron chi connectivity index (χ0n) is 8.41. The summed E-state index contributed by atoms with van der Waals surface area (Å²) in [5.74, 6) is 4.52. The number of rotatable bonds is 2. The Labute approximate surface area is 106 Å². The van der Waals surface area contributed by atoms with Crippen LogP contribution in [0.5, 0.6) is 0 Å². The Bertz CT molecular complexity index is 548. The molecule has 17 heavy (non-hydrogen) atoms. The second-order valence-electron chi connectivity index (χ2n) is 3.15. The molecule has 2 rings (SSSR count). The van der Waals surface area contributed by atoms with E-state index in [4.69, 9.17) is 33.6 Å². The highest BCUT2D eigenvalue weighted by atomic mass is 35.5. The van der Waals surface area contributed by atoms with Crippen LogP contribution in [0.25, 0.3) is 11.3 Å². The van der Waals surface area contributed by atoms with E-state index < -0.39 is 5.91 Å². The van der Waals surface area contributed by atoms with Crippen LogP contribution in [0.3, 0.4) is 0 Å². The number of carbonyl (C=O) groups is 1. The lowest BCUT2D eigenvalue weighted by atomic mass is 10.1. The number of nitrogens with one attached hydrogen (secondary N) is 1. The summed E-state index contributed by atoms with van der Waals surface area (Å²) >= 11 is 12.0. The van der Waals surface area contributed by atoms with E-state index in [9.17, 15) is 4.79 Å². The lowest BCUT2D eigenvalue weighted by molar-refractivity contribution is 0.0953. The first-order valence-electron chi connectivity index (χ1n) is 4.55. The second kappa shape index (κ2) is 4.75. The lowest BCUT2D eigenvalue weighted by Gasteiger charge is -2.04. The van der Waals surface area contributed by atoms with Crippen molar-refractivity contribution in [3.8, 4) is 11.3 Å². The molecule has 7 heteroatoms. The van der Waals surface area contributed by atoms with E-state index in [1.54, 1.807) is 18.2 Å². The lowest BCUT2D eigenvalue weighted by Crippen LogP contribution is -2.30. The summed E-state index contributed by atoms with van der Waals surface area (Å²) in [4.78, 5) is 11.5. The highest BCUT2D eigenvalue weighted by Crippen LogP contribution is 2.35. The number of carbonyl (C=O) groups excluding carboxylic acids is 1. The monoisotopic (exact) mass is 271 g/mol. The van der Waals surface area contributed by atoms with Gasteiger partial charge in [-0.1, -0.05) is 34.4 Å². The minimum absolute atomic E-state index is 0.169. The highest BCUT2D eigenvalue weighted by molar-refractivity contribution is 6.39. The van der Waals surface area contributed by atoms with Crippen molar-refractivity contribution in [2.45, 2.75) is 0 Å². The number of hydrogen-bond acceptors (Lipinski definition) is 4. The number of hydrogen-bond donors (Lipinski definition) is 2. The van der Waals surface area contributed by atoms with Crippen molar-refractivity contribution < 1.29 is 9.32 Å². The first-order valence-corrected chi connectivity index (χ1v) is 5.30. The van der Waals surface area contributed by atoms with E-state index in [1.807, 2.05) is 5.43 Å². The van der Waals surface area contributed by atoms with Crippen molar-refractivity contribution in [1.82, 2.24) is 10.6 Å². The minimum atomic E-state index is -0.530. The van der Waals surface area contributed by atoms with E-state index in [0.717, 1.165) is 0 Å². The van der Waals surface area contributed by atoms with Crippen LogP contribution in [0.2, 0.25) is 10.0 Å². The van der Waals surface area contributed by atoms with Gasteiger partial charge in [-0.15, -0.1) is 0 Å². The van der Waals surface area contributed by atoms with Gasteiger partial charge < -0.3 is 4.52 Å². The van der Waals surface area contributed by atoms with E-state index in [1.165, 1.54) is 6.26 Å². The van der Waals surface area contributed by atoms with Crippen molar-refractivity contribution in [2.75, 3.05) is 0 Å². The number of halogens is 2. The molecule has 1 amide bonds. The molecule has 88 valence electrons. The molecule has 1 aromatic carbocycles. The van der Waals surface area contributed by atoms with Crippen molar-refractivity contribution in [1.29, 1.82) is 0 Å². The highest BCUT2D eigenvalue weighted by Gasteiger charge is 2.20. The molecule has 1 heterocycles. The van der Waals surface area contributed by atoms with Crippen LogP contribution in [-0.2, 0) is 0 Å². The van der Waals surface area contributed by atoms with Gasteiger partial charge in [-0.3, -0.25) is 10.2 Å². The fourth-order valence-electron chi connectivity index (χ4n) is 1.38. The van der Waals surface area contributed by atoms with Crippen LogP contribution >= 0.6 is 23.2 Å². The Kier molecular flexibility index (Phi) is 3.33. The van der Waals surface area contributed by atoms with Crippen LogP contribution < -0.4 is 11.3 Å². The van der Waals surface area contributed by atoms with Crippen molar-refractivity contribution in [2.24, 2.45) is 5.84 Å². The molecule has 1 aromatic heterocycles. The van der Waals surface area contributed by atoms with Gasteiger partial charge >= 0.3 is 0 Å². The van der Waals surface area contributed by atoms with Gasteiger partial charge in [-0.2, -0.15) is 0 Å². The molecule has 2 aromatic rings. The van der Waals surface area contributed by atoms with Gasteiger partial charge in [0, 0.05) is 5.56 Å². The van der Waals surface area contributed by atoms with Crippen LogP contribution in [0.15, 0.2) is 29.0 Å². The molecule has 0 aliphatic carbocycles. The Morgan fingerprint density at radius 1 is 1.35 bits per heavy atom. The van der Waals surface area contributed by atoms with Crippen LogP contribution in [0.1, 0.15) is 10.4 Å². The van der Waals surface area contributed by atoms with E-state index >= 15 is 0 Å². The summed E-state index contributed by atoms with van der Waals surface area (Å²) in [7, 11) is 0.